The van der Waals surface area contributed by atoms with Crippen LogP contribution in [-0.2, 0) is 9.47 Å². The first-order chi connectivity index (χ1) is 12.9. The lowest BCUT2D eigenvalue weighted by Gasteiger charge is -2.34. The number of hydrogen-bond donors (Lipinski definition) is 0. The van der Waals surface area contributed by atoms with Crippen molar-refractivity contribution < 1.29 is 53.4 Å². The first-order valence-corrected chi connectivity index (χ1v) is 9.27. The summed E-state index contributed by atoms with van der Waals surface area (Å²) in [6.07, 6.45) is -10.4. The van der Waals surface area contributed by atoms with E-state index in [4.69, 9.17) is 0 Å². The van der Waals surface area contributed by atoms with Crippen LogP contribution >= 0.6 is 9.24 Å². The maximum Gasteiger partial charge on any atom is 0.455 e. The molecule has 0 N–H and O–H groups in total. The van der Waals surface area contributed by atoms with Crippen LogP contribution in [-0.4, -0.2) is 55.8 Å². The van der Waals surface area contributed by atoms with Gasteiger partial charge >= 0.3 is 24.2 Å². The highest BCUT2D eigenvalue weighted by Gasteiger charge is 2.58. The minimum absolute atomic E-state index is 0.0132. The van der Waals surface area contributed by atoms with Gasteiger partial charge in [0.2, 0.25) is 0 Å². The van der Waals surface area contributed by atoms with Crippen LogP contribution in [0.1, 0.15) is 39.5 Å². The molecular formula is C16H25F10O2P. The van der Waals surface area contributed by atoms with Crippen LogP contribution in [0.5, 0.6) is 0 Å². The second kappa shape index (κ2) is 10.8. The predicted molar refractivity (Wildman–Crippen MR) is 89.4 cm³/mol. The molecule has 0 aromatic heterocycles. The maximum absolute atomic E-state index is 12.7. The van der Waals surface area contributed by atoms with Crippen molar-refractivity contribution in [2.75, 3.05) is 26.4 Å². The molecule has 0 bridgehead atoms. The van der Waals surface area contributed by atoms with E-state index in [1.54, 1.807) is 0 Å². The predicted octanol–water partition coefficient (Wildman–Crippen LogP) is 6.25. The van der Waals surface area contributed by atoms with Gasteiger partial charge < -0.3 is 9.47 Å². The lowest BCUT2D eigenvalue weighted by atomic mass is 9.86. The van der Waals surface area contributed by atoms with Crippen LogP contribution in [0.3, 0.4) is 0 Å². The number of ether oxygens (including phenoxy) is 2. The van der Waals surface area contributed by atoms with Crippen molar-refractivity contribution in [2.24, 2.45) is 5.92 Å². The summed E-state index contributed by atoms with van der Waals surface area (Å²) < 4.78 is 132. The summed E-state index contributed by atoms with van der Waals surface area (Å²) in [5.74, 6) is -9.90. The van der Waals surface area contributed by atoms with Crippen molar-refractivity contribution in [3.63, 3.8) is 0 Å². The van der Waals surface area contributed by atoms with E-state index in [0.29, 0.717) is 12.8 Å². The second-order valence-electron chi connectivity index (χ2n) is 7.10. The molecule has 0 fully saturated rings. The van der Waals surface area contributed by atoms with Gasteiger partial charge in [-0.25, -0.2) is 0 Å². The van der Waals surface area contributed by atoms with Crippen LogP contribution in [0.25, 0.3) is 0 Å². The van der Waals surface area contributed by atoms with E-state index in [1.165, 1.54) is 0 Å². The highest BCUT2D eigenvalue weighted by atomic mass is 31.0. The quantitative estimate of drug-likeness (QED) is 0.180. The molecule has 0 amide bonds. The van der Waals surface area contributed by atoms with E-state index in [9.17, 15) is 43.9 Å². The average Bonchev–Trinajstić information content (AvgIpc) is 2.51. The lowest BCUT2D eigenvalue weighted by Crippen LogP contribution is -2.41. The minimum atomic E-state index is -5.70. The van der Waals surface area contributed by atoms with E-state index in [1.807, 2.05) is 13.8 Å². The van der Waals surface area contributed by atoms with Gasteiger partial charge in [-0.15, -0.1) is 9.24 Å². The maximum atomic E-state index is 12.7. The van der Waals surface area contributed by atoms with Crippen molar-refractivity contribution >= 4 is 9.24 Å². The summed E-state index contributed by atoms with van der Waals surface area (Å²) in [6.45, 7) is -0.646. The Kier molecular flexibility index (Phi) is 10.7. The van der Waals surface area contributed by atoms with Crippen molar-refractivity contribution in [1.82, 2.24) is 0 Å². The van der Waals surface area contributed by atoms with Crippen LogP contribution in [0.2, 0.25) is 0 Å². The molecule has 0 heterocycles. The van der Waals surface area contributed by atoms with Gasteiger partial charge in [0.15, 0.2) is 0 Å². The van der Waals surface area contributed by atoms with E-state index in [-0.39, 0.29) is 32.0 Å². The van der Waals surface area contributed by atoms with E-state index >= 15 is 0 Å². The Bertz CT molecular complexity index is 441. The zero-order chi connectivity index (χ0) is 23.1. The number of alkyl halides is 10. The Hall–Kier alpha value is -0.350. The van der Waals surface area contributed by atoms with Gasteiger partial charge in [-0.05, 0) is 36.8 Å². The van der Waals surface area contributed by atoms with Crippen LogP contribution in [0, 0.1) is 5.92 Å². The Morgan fingerprint density at radius 1 is 0.655 bits per heavy atom. The zero-order valence-electron chi connectivity index (χ0n) is 15.9. The molecule has 0 aromatic rings. The molecule has 0 aliphatic carbocycles. The summed E-state index contributed by atoms with van der Waals surface area (Å²) in [4.78, 5) is 0. The number of rotatable bonds is 13. The van der Waals surface area contributed by atoms with Gasteiger partial charge in [-0.1, -0.05) is 13.8 Å². The fourth-order valence-corrected chi connectivity index (χ4v) is 2.68. The molecule has 0 spiro atoms. The molecule has 2 nitrogen and oxygen atoms in total. The fourth-order valence-electron chi connectivity index (χ4n) is 2.27. The molecule has 0 aliphatic heterocycles. The fraction of sp³-hybridized carbons (Fsp3) is 1.00. The Morgan fingerprint density at radius 2 is 0.966 bits per heavy atom. The Labute approximate surface area is 164 Å². The minimum Gasteiger partial charge on any atom is -0.375 e. The number of hydrogen-bond acceptors (Lipinski definition) is 2. The van der Waals surface area contributed by atoms with Crippen LogP contribution in [0.15, 0.2) is 0 Å². The molecule has 0 saturated heterocycles. The summed E-state index contributed by atoms with van der Waals surface area (Å²) >= 11 is 0. The Morgan fingerprint density at radius 3 is 1.21 bits per heavy atom. The molecule has 29 heavy (non-hydrogen) atoms. The van der Waals surface area contributed by atoms with Gasteiger partial charge in [0.05, 0.1) is 0 Å². The van der Waals surface area contributed by atoms with Crippen molar-refractivity contribution in [1.29, 1.82) is 0 Å². The van der Waals surface area contributed by atoms with E-state index in [2.05, 4.69) is 18.7 Å². The molecule has 1 atom stereocenters. The largest absolute Gasteiger partial charge is 0.455 e. The third-order valence-electron chi connectivity index (χ3n) is 4.41. The standard InChI is InChI=1S/C16H25F10O2P/c1-11(2)12(29,5-3-7-27-9-13(17,18)15(21,22)23)6-4-8-28-10-14(19,20)16(24,25)26/h11H,3-10,29H2,1-2H3. The van der Waals surface area contributed by atoms with Gasteiger partial charge in [0.1, 0.15) is 13.2 Å². The Balaban J connectivity index is 4.31. The van der Waals surface area contributed by atoms with Gasteiger partial charge in [-0.3, -0.25) is 0 Å². The van der Waals surface area contributed by atoms with Crippen LogP contribution in [0.4, 0.5) is 43.9 Å². The highest BCUT2D eigenvalue weighted by Crippen LogP contribution is 2.39. The van der Waals surface area contributed by atoms with E-state index in [0.717, 1.165) is 0 Å². The molecule has 176 valence electrons. The van der Waals surface area contributed by atoms with Crippen LogP contribution < -0.4 is 0 Å². The third kappa shape index (κ3) is 9.55. The zero-order valence-corrected chi connectivity index (χ0v) is 17.1. The summed E-state index contributed by atoms with van der Waals surface area (Å²) in [5, 5.41) is -0.536. The van der Waals surface area contributed by atoms with Crippen molar-refractivity contribution in [3.8, 4) is 0 Å². The first-order valence-electron chi connectivity index (χ1n) is 8.69. The third-order valence-corrected chi connectivity index (χ3v) is 5.65. The van der Waals surface area contributed by atoms with Gasteiger partial charge in [-0.2, -0.15) is 43.9 Å². The topological polar surface area (TPSA) is 18.5 Å². The molecule has 13 heteroatoms. The highest BCUT2D eigenvalue weighted by molar-refractivity contribution is 7.19. The van der Waals surface area contributed by atoms with Gasteiger partial charge in [0, 0.05) is 13.2 Å². The molecule has 0 aliphatic rings. The molecule has 0 saturated carbocycles. The van der Waals surface area contributed by atoms with Gasteiger partial charge in [0.25, 0.3) is 0 Å². The molecule has 0 aromatic carbocycles. The molecule has 0 radical (unpaired) electrons. The second-order valence-corrected chi connectivity index (χ2v) is 8.25. The number of halogens is 10. The normalized spacial score (nSPS) is 14.7. The molecule has 0 rings (SSSR count). The van der Waals surface area contributed by atoms with Crippen molar-refractivity contribution in [3.05, 3.63) is 0 Å². The van der Waals surface area contributed by atoms with E-state index < -0.39 is 42.6 Å². The lowest BCUT2D eigenvalue weighted by molar-refractivity contribution is -0.296. The molecular weight excluding hydrogens is 445 g/mol. The summed E-state index contributed by atoms with van der Waals surface area (Å²) in [7, 11) is 2.52. The monoisotopic (exact) mass is 470 g/mol. The van der Waals surface area contributed by atoms with Crippen molar-refractivity contribution in [2.45, 2.75) is 68.9 Å². The SMILES string of the molecule is CC(C)C(P)(CCCOCC(F)(F)C(F)(F)F)CCCOCC(F)(F)C(F)(F)F. The smallest absolute Gasteiger partial charge is 0.375 e. The average molecular weight is 470 g/mol. The molecule has 1 unspecified atom stereocenters. The summed E-state index contributed by atoms with van der Waals surface area (Å²) in [5.41, 5.74) is 0. The summed E-state index contributed by atoms with van der Waals surface area (Å²) in [6, 6.07) is 0. The first kappa shape index (κ1) is 28.6.